The van der Waals surface area contributed by atoms with Crippen LogP contribution in [0.1, 0.15) is 5.56 Å². The molecule has 1 N–H and O–H groups in total. The average molecular weight is 428 g/mol. The zero-order chi connectivity index (χ0) is 18.3. The number of hydrogen-bond donors (Lipinski definition) is 1. The lowest BCUT2D eigenvalue weighted by molar-refractivity contribution is -0.142. The minimum absolute atomic E-state index is 0.0768. The number of carbonyl (C=O) groups excluding carboxylic acids is 1. The minimum atomic E-state index is -3.76. The molecule has 0 saturated heterocycles. The Morgan fingerprint density at radius 1 is 1.16 bits per heavy atom. The molecule has 2 rings (SSSR count). The van der Waals surface area contributed by atoms with Gasteiger partial charge in [0, 0.05) is 10.9 Å². The zero-order valence-electron chi connectivity index (χ0n) is 13.6. The van der Waals surface area contributed by atoms with E-state index in [9.17, 15) is 13.2 Å². The van der Waals surface area contributed by atoms with Crippen LogP contribution in [0.3, 0.4) is 0 Å². The summed E-state index contributed by atoms with van der Waals surface area (Å²) < 4.78 is 37.2. The summed E-state index contributed by atoms with van der Waals surface area (Å²) in [6, 6.07) is 13.6. The Bertz CT molecular complexity index is 821. The number of nitrogens with one attached hydrogen (secondary N) is 1. The highest BCUT2D eigenvalue weighted by atomic mass is 79.9. The molecule has 0 unspecified atom stereocenters. The SMILES string of the molecule is COc1ccc(CCOC(=O)CNS(=O)(=O)c2cccc(Br)c2)cc1. The number of hydrogen-bond acceptors (Lipinski definition) is 5. The van der Waals surface area contributed by atoms with Gasteiger partial charge in [-0.2, -0.15) is 4.72 Å². The molecule has 0 spiro atoms. The molecule has 0 saturated carbocycles. The van der Waals surface area contributed by atoms with Crippen molar-refractivity contribution in [3.8, 4) is 5.75 Å². The van der Waals surface area contributed by atoms with Gasteiger partial charge < -0.3 is 9.47 Å². The average Bonchev–Trinajstić information content (AvgIpc) is 2.61. The zero-order valence-corrected chi connectivity index (χ0v) is 16.0. The van der Waals surface area contributed by atoms with Crippen molar-refractivity contribution in [2.75, 3.05) is 20.3 Å². The maximum atomic E-state index is 12.1. The van der Waals surface area contributed by atoms with Gasteiger partial charge in [-0.05, 0) is 35.9 Å². The molecular weight excluding hydrogens is 410 g/mol. The fourth-order valence-electron chi connectivity index (χ4n) is 2.00. The van der Waals surface area contributed by atoms with E-state index in [1.165, 1.54) is 12.1 Å². The van der Waals surface area contributed by atoms with Gasteiger partial charge in [-0.3, -0.25) is 4.79 Å². The molecular formula is C17H18BrNO5S. The van der Waals surface area contributed by atoms with Crippen molar-refractivity contribution in [1.29, 1.82) is 0 Å². The lowest BCUT2D eigenvalue weighted by atomic mass is 10.1. The van der Waals surface area contributed by atoms with E-state index >= 15 is 0 Å². The van der Waals surface area contributed by atoms with E-state index in [1.807, 2.05) is 24.3 Å². The van der Waals surface area contributed by atoms with Gasteiger partial charge in [0.2, 0.25) is 10.0 Å². The number of sulfonamides is 1. The summed E-state index contributed by atoms with van der Waals surface area (Å²) in [4.78, 5) is 11.8. The first kappa shape index (κ1) is 19.4. The molecule has 0 heterocycles. The predicted octanol–water partition coefficient (Wildman–Crippen LogP) is 2.52. The van der Waals surface area contributed by atoms with Crippen molar-refractivity contribution in [2.45, 2.75) is 11.3 Å². The fourth-order valence-corrected chi connectivity index (χ4v) is 3.56. The van der Waals surface area contributed by atoms with Crippen LogP contribution in [0.15, 0.2) is 57.9 Å². The van der Waals surface area contributed by atoms with Crippen LogP contribution in [0, 0.1) is 0 Å². The van der Waals surface area contributed by atoms with E-state index in [0.717, 1.165) is 11.3 Å². The number of benzene rings is 2. The van der Waals surface area contributed by atoms with E-state index in [1.54, 1.807) is 19.2 Å². The number of rotatable bonds is 8. The van der Waals surface area contributed by atoms with E-state index in [-0.39, 0.29) is 11.5 Å². The number of methoxy groups -OCH3 is 1. The summed E-state index contributed by atoms with van der Waals surface area (Å²) >= 11 is 3.21. The molecule has 0 bridgehead atoms. The van der Waals surface area contributed by atoms with Gasteiger partial charge in [0.25, 0.3) is 0 Å². The van der Waals surface area contributed by atoms with Gasteiger partial charge in [0.1, 0.15) is 12.3 Å². The van der Waals surface area contributed by atoms with Crippen LogP contribution in [0.5, 0.6) is 5.75 Å². The van der Waals surface area contributed by atoms with E-state index < -0.39 is 22.5 Å². The first-order chi connectivity index (χ1) is 11.9. The van der Waals surface area contributed by atoms with Gasteiger partial charge in [-0.1, -0.05) is 34.1 Å². The summed E-state index contributed by atoms with van der Waals surface area (Å²) in [5.41, 5.74) is 0.989. The van der Waals surface area contributed by atoms with E-state index in [0.29, 0.717) is 10.9 Å². The van der Waals surface area contributed by atoms with Gasteiger partial charge in [-0.25, -0.2) is 8.42 Å². The molecule has 2 aromatic carbocycles. The minimum Gasteiger partial charge on any atom is -0.497 e. The first-order valence-corrected chi connectivity index (χ1v) is 9.72. The Balaban J connectivity index is 1.78. The number of ether oxygens (including phenoxy) is 2. The van der Waals surface area contributed by atoms with Gasteiger partial charge in [0.15, 0.2) is 0 Å². The molecule has 134 valence electrons. The van der Waals surface area contributed by atoms with Gasteiger partial charge in [0.05, 0.1) is 18.6 Å². The highest BCUT2D eigenvalue weighted by Gasteiger charge is 2.16. The normalized spacial score (nSPS) is 11.1. The molecule has 8 heteroatoms. The molecule has 0 aromatic heterocycles. The van der Waals surface area contributed by atoms with Crippen molar-refractivity contribution in [3.05, 3.63) is 58.6 Å². The monoisotopic (exact) mass is 427 g/mol. The second kappa shape index (κ2) is 8.98. The third-order valence-corrected chi connectivity index (χ3v) is 5.22. The molecule has 0 radical (unpaired) electrons. The molecule has 25 heavy (non-hydrogen) atoms. The third-order valence-electron chi connectivity index (χ3n) is 3.33. The van der Waals surface area contributed by atoms with E-state index in [2.05, 4.69) is 20.7 Å². The van der Waals surface area contributed by atoms with Crippen LogP contribution in [0.4, 0.5) is 0 Å². The molecule has 0 fully saturated rings. The first-order valence-electron chi connectivity index (χ1n) is 7.44. The van der Waals surface area contributed by atoms with Crippen molar-refractivity contribution >= 4 is 31.9 Å². The highest BCUT2D eigenvalue weighted by Crippen LogP contribution is 2.15. The molecule has 0 atom stereocenters. The molecule has 0 amide bonds. The van der Waals surface area contributed by atoms with Crippen LogP contribution >= 0.6 is 15.9 Å². The van der Waals surface area contributed by atoms with Crippen LogP contribution in [0.25, 0.3) is 0 Å². The second-order valence-corrected chi connectivity index (χ2v) is 7.78. The summed E-state index contributed by atoms with van der Waals surface area (Å²) in [5.74, 6) is 0.120. The number of esters is 1. The Labute approximate surface area is 155 Å². The van der Waals surface area contributed by atoms with Crippen LogP contribution in [-0.4, -0.2) is 34.6 Å². The lowest BCUT2D eigenvalue weighted by Crippen LogP contribution is -2.31. The molecule has 0 aliphatic rings. The smallest absolute Gasteiger partial charge is 0.321 e. The van der Waals surface area contributed by atoms with E-state index in [4.69, 9.17) is 9.47 Å². The maximum Gasteiger partial charge on any atom is 0.321 e. The molecule has 0 aliphatic heterocycles. The van der Waals surface area contributed by atoms with Gasteiger partial charge >= 0.3 is 5.97 Å². The highest BCUT2D eigenvalue weighted by molar-refractivity contribution is 9.10. The Hall–Kier alpha value is -1.90. The quantitative estimate of drug-likeness (QED) is 0.654. The summed E-state index contributed by atoms with van der Waals surface area (Å²) in [6.07, 6.45) is 0.536. The lowest BCUT2D eigenvalue weighted by Gasteiger charge is -2.08. The van der Waals surface area contributed by atoms with Crippen molar-refractivity contribution in [1.82, 2.24) is 4.72 Å². The predicted molar refractivity (Wildman–Crippen MR) is 97.0 cm³/mol. The van der Waals surface area contributed by atoms with Crippen molar-refractivity contribution < 1.29 is 22.7 Å². The molecule has 2 aromatic rings. The Morgan fingerprint density at radius 2 is 1.88 bits per heavy atom. The van der Waals surface area contributed by atoms with Crippen molar-refractivity contribution in [3.63, 3.8) is 0 Å². The Kier molecular flexibility index (Phi) is 6.98. The van der Waals surface area contributed by atoms with Crippen molar-refractivity contribution in [2.24, 2.45) is 0 Å². The number of halogens is 1. The van der Waals surface area contributed by atoms with Crippen LogP contribution in [0.2, 0.25) is 0 Å². The second-order valence-electron chi connectivity index (χ2n) is 5.10. The topological polar surface area (TPSA) is 81.7 Å². The largest absolute Gasteiger partial charge is 0.497 e. The number of carbonyl (C=O) groups is 1. The maximum absolute atomic E-state index is 12.1. The Morgan fingerprint density at radius 3 is 2.52 bits per heavy atom. The summed E-state index contributed by atoms with van der Waals surface area (Å²) in [5, 5.41) is 0. The standard InChI is InChI=1S/C17H18BrNO5S/c1-23-15-7-5-13(6-8-15)9-10-24-17(20)12-19-25(21,22)16-4-2-3-14(18)11-16/h2-8,11,19H,9-10,12H2,1H3. The third kappa shape index (κ3) is 6.15. The molecule has 0 aliphatic carbocycles. The van der Waals surface area contributed by atoms with Gasteiger partial charge in [-0.15, -0.1) is 0 Å². The summed E-state index contributed by atoms with van der Waals surface area (Å²) in [6.45, 7) is -0.249. The molecule has 6 nitrogen and oxygen atoms in total. The fraction of sp³-hybridized carbons (Fsp3) is 0.235. The summed E-state index contributed by atoms with van der Waals surface area (Å²) in [7, 11) is -2.17. The van der Waals surface area contributed by atoms with Crippen LogP contribution in [-0.2, 0) is 26.0 Å². The van der Waals surface area contributed by atoms with Crippen LogP contribution < -0.4 is 9.46 Å².